The monoisotopic (exact) mass is 497 g/mol. The molecule has 0 spiro atoms. The molecule has 0 saturated carbocycles. The molecule has 5 aromatic rings. The molecule has 0 radical (unpaired) electrons. The van der Waals surface area contributed by atoms with Crippen LogP contribution in [0.2, 0.25) is 0 Å². The molecule has 2 aromatic carbocycles. The van der Waals surface area contributed by atoms with Crippen LogP contribution in [-0.2, 0) is 17.5 Å². The number of ether oxygens (including phenoxy) is 1. The van der Waals surface area contributed by atoms with Gasteiger partial charge in [-0.15, -0.1) is 0 Å². The van der Waals surface area contributed by atoms with Crippen LogP contribution in [0.3, 0.4) is 0 Å². The van der Waals surface area contributed by atoms with Crippen LogP contribution in [0.5, 0.6) is 5.75 Å². The third-order valence-corrected chi connectivity index (χ3v) is 5.79. The van der Waals surface area contributed by atoms with Crippen LogP contribution >= 0.6 is 0 Å². The highest BCUT2D eigenvalue weighted by molar-refractivity contribution is 5.88. The standard InChI is InChI=1S/C24H18F3N5O4/c1-12-17(21-29-19-14(31(21)11-16(33)34)9-6-10-15(19)36-2)23(35)32-22(28-12)18(13-7-4-3-5-8-13)20(30-32)24(25,26)27/h3-10,30H,11H2,1-2H3,(H,33,34). The number of nitrogens with zero attached hydrogens (tertiary/aromatic N) is 4. The minimum atomic E-state index is -4.80. The first-order chi connectivity index (χ1) is 17.1. The van der Waals surface area contributed by atoms with Gasteiger partial charge in [-0.05, 0) is 24.6 Å². The molecule has 36 heavy (non-hydrogen) atoms. The number of H-pyrrole nitrogens is 1. The van der Waals surface area contributed by atoms with E-state index in [0.29, 0.717) is 16.8 Å². The molecule has 0 fully saturated rings. The molecule has 0 amide bonds. The van der Waals surface area contributed by atoms with Crippen molar-refractivity contribution >= 4 is 22.6 Å². The van der Waals surface area contributed by atoms with E-state index in [4.69, 9.17) is 4.74 Å². The van der Waals surface area contributed by atoms with Gasteiger partial charge >= 0.3 is 12.1 Å². The molecular weight excluding hydrogens is 479 g/mol. The fourth-order valence-electron chi connectivity index (χ4n) is 4.29. The van der Waals surface area contributed by atoms with Crippen molar-refractivity contribution < 1.29 is 27.8 Å². The zero-order valence-electron chi connectivity index (χ0n) is 18.9. The molecule has 184 valence electrons. The molecule has 12 heteroatoms. The van der Waals surface area contributed by atoms with Gasteiger partial charge < -0.3 is 14.4 Å². The molecule has 0 unspecified atom stereocenters. The Morgan fingerprint density at radius 1 is 1.08 bits per heavy atom. The van der Waals surface area contributed by atoms with Crippen molar-refractivity contribution in [2.75, 3.05) is 7.11 Å². The van der Waals surface area contributed by atoms with Gasteiger partial charge in [-0.1, -0.05) is 36.4 Å². The zero-order valence-corrected chi connectivity index (χ0v) is 18.9. The molecule has 0 aliphatic rings. The van der Waals surface area contributed by atoms with Crippen molar-refractivity contribution in [1.29, 1.82) is 0 Å². The molecule has 3 heterocycles. The number of hydrogen-bond acceptors (Lipinski definition) is 5. The van der Waals surface area contributed by atoms with Gasteiger partial charge in [0, 0.05) is 0 Å². The SMILES string of the molecule is COc1cccc2c1nc(-c1c(C)nc3c(-c4ccccc4)c(C(F)(F)F)[nH]n3c1=O)n2CC(=O)O. The van der Waals surface area contributed by atoms with Gasteiger partial charge in [-0.25, -0.2) is 9.97 Å². The summed E-state index contributed by atoms with van der Waals surface area (Å²) < 4.78 is 49.3. The Balaban J connectivity index is 1.87. The number of alkyl halides is 3. The summed E-state index contributed by atoms with van der Waals surface area (Å²) in [6.45, 7) is 0.918. The number of carboxylic acid groups (broad SMARTS) is 1. The first-order valence-electron chi connectivity index (χ1n) is 10.6. The number of benzene rings is 2. The number of carbonyl (C=O) groups is 1. The Labute approximate surface area is 200 Å². The number of aryl methyl sites for hydroxylation is 1. The maximum atomic E-state index is 14.0. The van der Waals surface area contributed by atoms with Gasteiger partial charge in [-0.2, -0.15) is 17.7 Å². The second-order valence-electron chi connectivity index (χ2n) is 8.01. The number of halogens is 3. The van der Waals surface area contributed by atoms with E-state index in [2.05, 4.69) is 15.1 Å². The molecule has 0 aliphatic carbocycles. The number of methoxy groups -OCH3 is 1. The summed E-state index contributed by atoms with van der Waals surface area (Å²) in [6.07, 6.45) is -4.80. The van der Waals surface area contributed by atoms with Crippen molar-refractivity contribution in [3.8, 4) is 28.3 Å². The Hall–Kier alpha value is -4.61. The number of fused-ring (bicyclic) bond motifs is 2. The Kier molecular flexibility index (Phi) is 5.31. The van der Waals surface area contributed by atoms with Crippen LogP contribution < -0.4 is 10.3 Å². The van der Waals surface area contributed by atoms with Gasteiger partial charge in [-0.3, -0.25) is 14.7 Å². The quantitative estimate of drug-likeness (QED) is 0.378. The molecule has 0 saturated heterocycles. The summed E-state index contributed by atoms with van der Waals surface area (Å²) in [5, 5.41) is 11.7. The predicted molar refractivity (Wildman–Crippen MR) is 124 cm³/mol. The topological polar surface area (TPSA) is 115 Å². The lowest BCUT2D eigenvalue weighted by Crippen LogP contribution is -2.22. The summed E-state index contributed by atoms with van der Waals surface area (Å²) >= 11 is 0. The van der Waals surface area contributed by atoms with Crippen LogP contribution in [0, 0.1) is 6.92 Å². The molecule has 0 atom stereocenters. The van der Waals surface area contributed by atoms with Crippen molar-refractivity contribution in [1.82, 2.24) is 24.1 Å². The highest BCUT2D eigenvalue weighted by Gasteiger charge is 2.38. The predicted octanol–water partition coefficient (Wildman–Crippen LogP) is 4.13. The minimum absolute atomic E-state index is 0.0503. The van der Waals surface area contributed by atoms with E-state index in [1.165, 1.54) is 30.7 Å². The van der Waals surface area contributed by atoms with Gasteiger partial charge in [0.15, 0.2) is 5.65 Å². The van der Waals surface area contributed by atoms with Crippen LogP contribution in [0.1, 0.15) is 11.4 Å². The third kappa shape index (κ3) is 3.58. The van der Waals surface area contributed by atoms with Gasteiger partial charge in [0.1, 0.15) is 34.9 Å². The van der Waals surface area contributed by atoms with Crippen molar-refractivity contribution in [2.45, 2.75) is 19.6 Å². The van der Waals surface area contributed by atoms with Crippen LogP contribution in [0.4, 0.5) is 13.2 Å². The van der Waals surface area contributed by atoms with E-state index in [0.717, 1.165) is 4.52 Å². The van der Waals surface area contributed by atoms with E-state index in [9.17, 15) is 27.9 Å². The fraction of sp³-hybridized carbons (Fsp3) is 0.167. The number of aromatic nitrogens is 5. The lowest BCUT2D eigenvalue weighted by atomic mass is 10.1. The Morgan fingerprint density at radius 3 is 2.44 bits per heavy atom. The average molecular weight is 497 g/mol. The molecule has 3 aromatic heterocycles. The van der Waals surface area contributed by atoms with Gasteiger partial charge in [0.05, 0.1) is 23.9 Å². The molecule has 9 nitrogen and oxygen atoms in total. The number of aliphatic carboxylic acids is 1. The van der Waals surface area contributed by atoms with E-state index >= 15 is 0 Å². The van der Waals surface area contributed by atoms with Crippen LogP contribution in [0.25, 0.3) is 39.2 Å². The highest BCUT2D eigenvalue weighted by atomic mass is 19.4. The lowest BCUT2D eigenvalue weighted by Gasteiger charge is -2.09. The summed E-state index contributed by atoms with van der Waals surface area (Å²) in [7, 11) is 1.42. The molecular formula is C24H18F3N5O4. The maximum Gasteiger partial charge on any atom is 0.433 e. The van der Waals surface area contributed by atoms with Crippen LogP contribution in [0.15, 0.2) is 53.3 Å². The Bertz CT molecular complexity index is 1700. The van der Waals surface area contributed by atoms with E-state index in [1.54, 1.807) is 36.4 Å². The number of carboxylic acids is 1. The Morgan fingerprint density at radius 2 is 1.81 bits per heavy atom. The van der Waals surface area contributed by atoms with Gasteiger partial charge in [0.25, 0.3) is 5.56 Å². The van der Waals surface area contributed by atoms with Gasteiger partial charge in [0.2, 0.25) is 0 Å². The normalized spacial score (nSPS) is 11.9. The van der Waals surface area contributed by atoms with Crippen molar-refractivity contribution in [3.63, 3.8) is 0 Å². The number of aromatic amines is 1. The van der Waals surface area contributed by atoms with E-state index < -0.39 is 29.9 Å². The lowest BCUT2D eigenvalue weighted by molar-refractivity contribution is -0.141. The average Bonchev–Trinajstić information content (AvgIpc) is 3.38. The molecule has 0 bridgehead atoms. The maximum absolute atomic E-state index is 14.0. The van der Waals surface area contributed by atoms with Crippen molar-refractivity contribution in [3.05, 3.63) is 70.3 Å². The minimum Gasteiger partial charge on any atom is -0.494 e. The number of hydrogen-bond donors (Lipinski definition) is 2. The molecule has 0 aliphatic heterocycles. The number of imidazole rings is 1. The van der Waals surface area contributed by atoms with Crippen LogP contribution in [-0.4, -0.2) is 42.3 Å². The van der Waals surface area contributed by atoms with Crippen molar-refractivity contribution in [2.24, 2.45) is 0 Å². The highest BCUT2D eigenvalue weighted by Crippen LogP contribution is 2.38. The first-order valence-corrected chi connectivity index (χ1v) is 10.6. The smallest absolute Gasteiger partial charge is 0.433 e. The molecule has 2 N–H and O–H groups in total. The number of nitrogens with one attached hydrogen (secondary N) is 1. The summed E-state index contributed by atoms with van der Waals surface area (Å²) in [4.78, 5) is 34.1. The largest absolute Gasteiger partial charge is 0.494 e. The van der Waals surface area contributed by atoms with E-state index in [-0.39, 0.29) is 33.9 Å². The second kappa shape index (κ2) is 8.26. The van der Waals surface area contributed by atoms with E-state index in [1.807, 2.05) is 0 Å². The number of rotatable bonds is 5. The fourth-order valence-corrected chi connectivity index (χ4v) is 4.29. The first kappa shape index (κ1) is 23.1. The second-order valence-corrected chi connectivity index (χ2v) is 8.01. The zero-order chi connectivity index (χ0) is 25.8. The summed E-state index contributed by atoms with van der Waals surface area (Å²) in [5.41, 5.74) is -1.61. The summed E-state index contributed by atoms with van der Waals surface area (Å²) in [5.74, 6) is -0.906. The summed E-state index contributed by atoms with van der Waals surface area (Å²) in [6, 6.07) is 12.7. The molecule has 5 rings (SSSR count). The third-order valence-electron chi connectivity index (χ3n) is 5.79. The number of para-hydroxylation sites is 1.